The molecule has 0 unspecified atom stereocenters. The van der Waals surface area contributed by atoms with Crippen LogP contribution in [0.25, 0.3) is 0 Å². The molecule has 0 atom stereocenters. The number of thioether (sulfide) groups is 1. The fraction of sp³-hybridized carbons (Fsp3) is 0.400. The number of benzene rings is 2. The van der Waals surface area contributed by atoms with E-state index in [2.05, 4.69) is 4.72 Å². The molecule has 0 radical (unpaired) electrons. The third kappa shape index (κ3) is 5.26. The lowest BCUT2D eigenvalue weighted by Crippen LogP contribution is -2.44. The van der Waals surface area contributed by atoms with Gasteiger partial charge in [-0.3, -0.25) is 0 Å². The Bertz CT molecular complexity index is 884. The summed E-state index contributed by atoms with van der Waals surface area (Å²) in [6.45, 7) is 3.46. The lowest BCUT2D eigenvalue weighted by Gasteiger charge is -2.36. The van der Waals surface area contributed by atoms with Crippen molar-refractivity contribution >= 4 is 21.8 Å². The van der Waals surface area contributed by atoms with E-state index in [1.165, 1.54) is 12.1 Å². The quantitative estimate of drug-likeness (QED) is 0.696. The molecular formula is C20H24FNO4S2. The molecule has 1 aliphatic heterocycles. The summed E-state index contributed by atoms with van der Waals surface area (Å²) < 4.78 is 52.5. The normalized spacial score (nSPS) is 16.6. The van der Waals surface area contributed by atoms with Gasteiger partial charge in [-0.2, -0.15) is 0 Å². The van der Waals surface area contributed by atoms with Crippen LogP contribution in [0.1, 0.15) is 19.8 Å². The molecule has 1 heterocycles. The molecule has 0 aromatic heterocycles. The first-order valence-corrected chi connectivity index (χ1v) is 11.5. The zero-order chi connectivity index (χ0) is 20.0. The summed E-state index contributed by atoms with van der Waals surface area (Å²) in [7, 11) is -3.84. The van der Waals surface area contributed by atoms with E-state index in [1.807, 2.05) is 30.3 Å². The second-order valence-corrected chi connectivity index (χ2v) is 9.87. The summed E-state index contributed by atoms with van der Waals surface area (Å²) in [5, 5.41) is 0. The van der Waals surface area contributed by atoms with E-state index in [4.69, 9.17) is 9.47 Å². The van der Waals surface area contributed by atoms with Gasteiger partial charge >= 0.3 is 0 Å². The van der Waals surface area contributed by atoms with E-state index in [-0.39, 0.29) is 21.9 Å². The highest BCUT2D eigenvalue weighted by atomic mass is 32.2. The highest BCUT2D eigenvalue weighted by Crippen LogP contribution is 2.40. The van der Waals surface area contributed by atoms with Crippen molar-refractivity contribution in [3.8, 4) is 5.75 Å². The van der Waals surface area contributed by atoms with Crippen LogP contribution in [0.4, 0.5) is 4.39 Å². The van der Waals surface area contributed by atoms with Crippen molar-refractivity contribution < 1.29 is 22.3 Å². The van der Waals surface area contributed by atoms with Crippen LogP contribution in [0, 0.1) is 5.82 Å². The number of ether oxygens (including phenoxy) is 2. The molecule has 0 spiro atoms. The molecule has 0 aliphatic carbocycles. The zero-order valence-corrected chi connectivity index (χ0v) is 17.3. The molecule has 3 rings (SSSR count). The average Bonchev–Trinajstić information content (AvgIpc) is 2.70. The van der Waals surface area contributed by atoms with Gasteiger partial charge in [0, 0.05) is 29.4 Å². The molecule has 28 heavy (non-hydrogen) atoms. The van der Waals surface area contributed by atoms with Crippen molar-refractivity contribution in [1.29, 1.82) is 0 Å². The van der Waals surface area contributed by atoms with E-state index in [1.54, 1.807) is 18.7 Å². The van der Waals surface area contributed by atoms with Gasteiger partial charge in [-0.15, -0.1) is 11.8 Å². The largest absolute Gasteiger partial charge is 0.491 e. The molecule has 1 fully saturated rings. The Hall–Kier alpha value is -1.61. The Kier molecular flexibility index (Phi) is 6.98. The number of nitrogens with one attached hydrogen (secondary N) is 1. The second kappa shape index (κ2) is 9.26. The molecular weight excluding hydrogens is 401 g/mol. The molecule has 2 aromatic carbocycles. The van der Waals surface area contributed by atoms with Gasteiger partial charge in [0.25, 0.3) is 0 Å². The predicted molar refractivity (Wildman–Crippen MR) is 108 cm³/mol. The number of halogens is 1. The Labute approximate surface area is 169 Å². The maximum absolute atomic E-state index is 14.1. The molecule has 8 heteroatoms. The average molecular weight is 426 g/mol. The monoisotopic (exact) mass is 425 g/mol. The Morgan fingerprint density at radius 2 is 1.89 bits per heavy atom. The van der Waals surface area contributed by atoms with Gasteiger partial charge in [-0.05, 0) is 50.1 Å². The van der Waals surface area contributed by atoms with Crippen molar-refractivity contribution in [2.45, 2.75) is 34.3 Å². The summed E-state index contributed by atoms with van der Waals surface area (Å²) >= 11 is 1.66. The standard InChI is InChI=1S/C20H24FNO4S2/c1-2-26-19-9-8-17(14-18(19)21)28(23,24)22-15-20(10-12-25-13-11-20)27-16-6-4-3-5-7-16/h3-9,14,22H,2,10-13,15H2,1H3. The molecule has 1 aliphatic rings. The van der Waals surface area contributed by atoms with Crippen molar-refractivity contribution in [2.75, 3.05) is 26.4 Å². The molecule has 5 nitrogen and oxygen atoms in total. The first-order chi connectivity index (χ1) is 13.4. The molecule has 0 bridgehead atoms. The van der Waals surface area contributed by atoms with Gasteiger partial charge in [0.1, 0.15) is 0 Å². The SMILES string of the molecule is CCOc1ccc(S(=O)(=O)NCC2(Sc3ccccc3)CCOCC2)cc1F. The summed E-state index contributed by atoms with van der Waals surface area (Å²) in [5.41, 5.74) is 0. The smallest absolute Gasteiger partial charge is 0.240 e. The highest BCUT2D eigenvalue weighted by molar-refractivity contribution is 8.00. The Balaban J connectivity index is 1.75. The van der Waals surface area contributed by atoms with E-state index in [0.29, 0.717) is 19.8 Å². The minimum absolute atomic E-state index is 0.0435. The lowest BCUT2D eigenvalue weighted by atomic mass is 9.99. The maximum atomic E-state index is 14.1. The lowest BCUT2D eigenvalue weighted by molar-refractivity contribution is 0.0784. The van der Waals surface area contributed by atoms with E-state index in [9.17, 15) is 12.8 Å². The van der Waals surface area contributed by atoms with Crippen LogP contribution in [0.2, 0.25) is 0 Å². The minimum atomic E-state index is -3.84. The number of hydrogen-bond donors (Lipinski definition) is 1. The Morgan fingerprint density at radius 3 is 2.54 bits per heavy atom. The highest BCUT2D eigenvalue weighted by Gasteiger charge is 2.35. The summed E-state index contributed by atoms with van der Waals surface area (Å²) in [6.07, 6.45) is 1.46. The first-order valence-electron chi connectivity index (χ1n) is 9.18. The van der Waals surface area contributed by atoms with Gasteiger partial charge in [0.2, 0.25) is 10.0 Å². The molecule has 152 valence electrons. The third-order valence-corrected chi connectivity index (χ3v) is 7.47. The molecule has 1 saturated heterocycles. The molecule has 0 amide bonds. The second-order valence-electron chi connectivity index (χ2n) is 6.56. The zero-order valence-electron chi connectivity index (χ0n) is 15.7. The van der Waals surface area contributed by atoms with Gasteiger partial charge in [-0.1, -0.05) is 18.2 Å². The van der Waals surface area contributed by atoms with Crippen molar-refractivity contribution in [1.82, 2.24) is 4.72 Å². The predicted octanol–water partition coefficient (Wildman–Crippen LogP) is 3.84. The van der Waals surface area contributed by atoms with Crippen LogP contribution in [-0.4, -0.2) is 39.5 Å². The fourth-order valence-corrected chi connectivity index (χ4v) is 5.57. The van der Waals surface area contributed by atoms with E-state index >= 15 is 0 Å². The number of rotatable bonds is 8. The molecule has 0 saturated carbocycles. The van der Waals surface area contributed by atoms with Gasteiger partial charge in [-0.25, -0.2) is 17.5 Å². The van der Waals surface area contributed by atoms with Crippen LogP contribution in [0.15, 0.2) is 58.3 Å². The van der Waals surface area contributed by atoms with E-state index in [0.717, 1.165) is 23.8 Å². The minimum Gasteiger partial charge on any atom is -0.491 e. The van der Waals surface area contributed by atoms with Crippen LogP contribution < -0.4 is 9.46 Å². The fourth-order valence-electron chi connectivity index (χ4n) is 3.03. The van der Waals surface area contributed by atoms with Crippen LogP contribution in [0.5, 0.6) is 5.75 Å². The third-order valence-electron chi connectivity index (χ3n) is 4.58. The van der Waals surface area contributed by atoms with Crippen molar-refractivity contribution in [3.63, 3.8) is 0 Å². The topological polar surface area (TPSA) is 64.6 Å². The van der Waals surface area contributed by atoms with Gasteiger partial charge in [0.15, 0.2) is 11.6 Å². The maximum Gasteiger partial charge on any atom is 0.240 e. The number of hydrogen-bond acceptors (Lipinski definition) is 5. The molecule has 1 N–H and O–H groups in total. The summed E-state index contributed by atoms with van der Waals surface area (Å²) in [4.78, 5) is 0.969. The summed E-state index contributed by atoms with van der Waals surface area (Å²) in [6, 6.07) is 13.6. The Morgan fingerprint density at radius 1 is 1.18 bits per heavy atom. The van der Waals surface area contributed by atoms with Crippen molar-refractivity contribution in [3.05, 3.63) is 54.3 Å². The molecule has 2 aromatic rings. The van der Waals surface area contributed by atoms with Crippen LogP contribution in [-0.2, 0) is 14.8 Å². The number of sulfonamides is 1. The van der Waals surface area contributed by atoms with Crippen LogP contribution >= 0.6 is 11.8 Å². The van der Waals surface area contributed by atoms with Gasteiger partial charge in [0.05, 0.1) is 11.5 Å². The van der Waals surface area contributed by atoms with E-state index < -0.39 is 15.8 Å². The first kappa shape index (κ1) is 21.1. The van der Waals surface area contributed by atoms with Crippen LogP contribution in [0.3, 0.4) is 0 Å². The van der Waals surface area contributed by atoms with Crippen molar-refractivity contribution in [2.24, 2.45) is 0 Å². The van der Waals surface area contributed by atoms with Gasteiger partial charge < -0.3 is 9.47 Å². The summed E-state index contributed by atoms with van der Waals surface area (Å²) in [5.74, 6) is -0.647.